The molecule has 0 spiro atoms. The van der Waals surface area contributed by atoms with E-state index in [1.165, 1.54) is 6.07 Å². The molecule has 0 aliphatic carbocycles. The molecule has 1 unspecified atom stereocenters. The van der Waals surface area contributed by atoms with Crippen LogP contribution in [0.1, 0.15) is 11.3 Å². The number of rotatable bonds is 0. The minimum Gasteiger partial charge on any atom is -0.343 e. The van der Waals surface area contributed by atoms with Crippen molar-refractivity contribution in [1.82, 2.24) is 4.57 Å². The van der Waals surface area contributed by atoms with Crippen LogP contribution in [-0.2, 0) is 19.1 Å². The first-order chi connectivity index (χ1) is 7.97. The van der Waals surface area contributed by atoms with Gasteiger partial charge in [0.05, 0.1) is 5.56 Å². The highest BCUT2D eigenvalue weighted by Crippen LogP contribution is 2.37. The van der Waals surface area contributed by atoms with Gasteiger partial charge < -0.3 is 10.3 Å². The summed E-state index contributed by atoms with van der Waals surface area (Å²) in [6, 6.07) is 5.92. The molecule has 5 heteroatoms. The second kappa shape index (κ2) is 3.26. The molecule has 0 amide bonds. The first-order valence-electron chi connectivity index (χ1n) is 5.41. The largest absolute Gasteiger partial charge is 0.417 e. The lowest BCUT2D eigenvalue weighted by Crippen LogP contribution is -2.20. The topological polar surface area (TPSA) is 30.9 Å². The number of nitrogens with two attached hydrogens (primary N) is 1. The Bertz CT molecular complexity index is 583. The fourth-order valence-corrected chi connectivity index (χ4v) is 2.54. The van der Waals surface area contributed by atoms with Crippen molar-refractivity contribution in [3.8, 4) is 0 Å². The van der Waals surface area contributed by atoms with Gasteiger partial charge in [-0.15, -0.1) is 0 Å². The molecule has 1 aliphatic heterocycles. The van der Waals surface area contributed by atoms with Gasteiger partial charge in [0.25, 0.3) is 0 Å². The van der Waals surface area contributed by atoms with Crippen LogP contribution in [0.4, 0.5) is 13.2 Å². The number of halogens is 3. The molecule has 1 aromatic heterocycles. The van der Waals surface area contributed by atoms with Crippen LogP contribution in [0.15, 0.2) is 24.3 Å². The smallest absolute Gasteiger partial charge is 0.343 e. The predicted molar refractivity (Wildman–Crippen MR) is 58.6 cm³/mol. The molecule has 1 aromatic carbocycles. The Morgan fingerprint density at radius 3 is 2.76 bits per heavy atom. The molecule has 1 atom stereocenters. The van der Waals surface area contributed by atoms with Gasteiger partial charge in [0, 0.05) is 35.6 Å². The molecule has 2 nitrogen and oxygen atoms in total. The number of hydrogen-bond acceptors (Lipinski definition) is 1. The van der Waals surface area contributed by atoms with Gasteiger partial charge in [-0.2, -0.15) is 13.2 Å². The molecule has 3 rings (SSSR count). The Morgan fingerprint density at radius 1 is 1.29 bits per heavy atom. The van der Waals surface area contributed by atoms with Gasteiger partial charge >= 0.3 is 6.18 Å². The molecule has 2 heterocycles. The Morgan fingerprint density at radius 2 is 2.06 bits per heavy atom. The highest BCUT2D eigenvalue weighted by atomic mass is 19.4. The number of fused-ring (bicyclic) bond motifs is 3. The lowest BCUT2D eigenvalue weighted by atomic mass is 10.1. The minimum atomic E-state index is -4.30. The number of benzene rings is 1. The number of hydrogen-bond donors (Lipinski definition) is 1. The molecule has 0 fully saturated rings. The summed E-state index contributed by atoms with van der Waals surface area (Å²) in [7, 11) is 0. The van der Waals surface area contributed by atoms with E-state index >= 15 is 0 Å². The summed E-state index contributed by atoms with van der Waals surface area (Å²) >= 11 is 0. The van der Waals surface area contributed by atoms with Crippen molar-refractivity contribution in [3.63, 3.8) is 0 Å². The van der Waals surface area contributed by atoms with Gasteiger partial charge in [-0.1, -0.05) is 6.07 Å². The van der Waals surface area contributed by atoms with Gasteiger partial charge in [0.1, 0.15) is 0 Å². The first-order valence-corrected chi connectivity index (χ1v) is 5.41. The molecular formula is C12H11F3N2. The zero-order chi connectivity index (χ0) is 12.2. The van der Waals surface area contributed by atoms with Crippen molar-refractivity contribution >= 4 is 10.9 Å². The van der Waals surface area contributed by atoms with E-state index < -0.39 is 11.7 Å². The van der Waals surface area contributed by atoms with Crippen LogP contribution in [0.3, 0.4) is 0 Å². The van der Waals surface area contributed by atoms with Gasteiger partial charge in [-0.3, -0.25) is 0 Å². The van der Waals surface area contributed by atoms with E-state index in [4.69, 9.17) is 5.73 Å². The minimum absolute atomic E-state index is 0.0175. The summed E-state index contributed by atoms with van der Waals surface area (Å²) in [5.41, 5.74) is 6.76. The maximum absolute atomic E-state index is 12.8. The average molecular weight is 240 g/mol. The summed E-state index contributed by atoms with van der Waals surface area (Å²) in [6.45, 7) is 0.597. The third-order valence-corrected chi connectivity index (χ3v) is 3.23. The fraction of sp³-hybridized carbons (Fsp3) is 0.333. The second-order valence-electron chi connectivity index (χ2n) is 4.45. The molecule has 90 valence electrons. The van der Waals surface area contributed by atoms with E-state index in [0.717, 1.165) is 11.8 Å². The summed E-state index contributed by atoms with van der Waals surface area (Å²) < 4.78 is 40.4. The standard InChI is InChI=1S/C12H11F3N2/c13-12(14,15)10-2-1-3-11-9(10)5-8-4-7(16)6-17(8)11/h1-3,5,7H,4,6,16H2. The maximum atomic E-state index is 12.8. The van der Waals surface area contributed by atoms with Crippen LogP contribution in [0.2, 0.25) is 0 Å². The average Bonchev–Trinajstić information content (AvgIpc) is 2.71. The SMILES string of the molecule is NC1Cc2cc3c(C(F)(F)F)cccc3n2C1. The monoisotopic (exact) mass is 240 g/mol. The molecule has 2 aromatic rings. The van der Waals surface area contributed by atoms with E-state index in [1.807, 2.05) is 4.57 Å². The molecule has 0 radical (unpaired) electrons. The van der Waals surface area contributed by atoms with Crippen molar-refractivity contribution in [2.45, 2.75) is 25.2 Å². The zero-order valence-corrected chi connectivity index (χ0v) is 8.96. The molecule has 1 aliphatic rings. The zero-order valence-electron chi connectivity index (χ0n) is 8.96. The maximum Gasteiger partial charge on any atom is 0.417 e. The first kappa shape index (κ1) is 10.7. The van der Waals surface area contributed by atoms with Crippen LogP contribution in [0, 0.1) is 0 Å². The molecule has 0 saturated heterocycles. The Kier molecular flexibility index (Phi) is 2.04. The summed E-state index contributed by atoms with van der Waals surface area (Å²) in [6.07, 6.45) is -3.66. The lowest BCUT2D eigenvalue weighted by molar-refractivity contribution is -0.136. The Labute approximate surface area is 95.8 Å². The lowest BCUT2D eigenvalue weighted by Gasteiger charge is -2.09. The molecule has 17 heavy (non-hydrogen) atoms. The van der Waals surface area contributed by atoms with Gasteiger partial charge in [-0.25, -0.2) is 0 Å². The van der Waals surface area contributed by atoms with Crippen molar-refractivity contribution in [3.05, 3.63) is 35.5 Å². The van der Waals surface area contributed by atoms with Gasteiger partial charge in [-0.05, 0) is 18.2 Å². The predicted octanol–water partition coefficient (Wildman–Crippen LogP) is 2.54. The van der Waals surface area contributed by atoms with Crippen molar-refractivity contribution < 1.29 is 13.2 Å². The van der Waals surface area contributed by atoms with Crippen molar-refractivity contribution in [2.75, 3.05) is 0 Å². The Balaban J connectivity index is 2.27. The van der Waals surface area contributed by atoms with Gasteiger partial charge in [0.15, 0.2) is 0 Å². The fourth-order valence-electron chi connectivity index (χ4n) is 2.54. The van der Waals surface area contributed by atoms with Crippen LogP contribution in [0.25, 0.3) is 10.9 Å². The van der Waals surface area contributed by atoms with E-state index in [1.54, 1.807) is 12.1 Å². The Hall–Kier alpha value is -1.49. The summed E-state index contributed by atoms with van der Waals surface area (Å²) in [5.74, 6) is 0. The van der Waals surface area contributed by atoms with E-state index in [9.17, 15) is 13.2 Å². The quantitative estimate of drug-likeness (QED) is 0.753. The molecule has 2 N–H and O–H groups in total. The number of alkyl halides is 3. The third-order valence-electron chi connectivity index (χ3n) is 3.23. The summed E-state index contributed by atoms with van der Waals surface area (Å²) in [4.78, 5) is 0. The van der Waals surface area contributed by atoms with Crippen LogP contribution >= 0.6 is 0 Å². The van der Waals surface area contributed by atoms with E-state index in [0.29, 0.717) is 18.5 Å². The van der Waals surface area contributed by atoms with Crippen molar-refractivity contribution in [2.24, 2.45) is 5.73 Å². The molecule has 0 saturated carbocycles. The highest BCUT2D eigenvalue weighted by molar-refractivity contribution is 5.85. The van der Waals surface area contributed by atoms with Crippen LogP contribution in [0.5, 0.6) is 0 Å². The normalized spacial score (nSPS) is 19.9. The van der Waals surface area contributed by atoms with Gasteiger partial charge in [0.2, 0.25) is 0 Å². The number of aromatic nitrogens is 1. The molecular weight excluding hydrogens is 229 g/mol. The van der Waals surface area contributed by atoms with E-state index in [-0.39, 0.29) is 11.4 Å². The second-order valence-corrected chi connectivity index (χ2v) is 4.45. The van der Waals surface area contributed by atoms with Crippen LogP contribution < -0.4 is 5.73 Å². The van der Waals surface area contributed by atoms with Crippen molar-refractivity contribution in [1.29, 1.82) is 0 Å². The summed E-state index contributed by atoms with van der Waals surface area (Å²) in [5, 5.41) is 0.280. The van der Waals surface area contributed by atoms with E-state index in [2.05, 4.69) is 0 Å². The molecule has 0 bridgehead atoms. The van der Waals surface area contributed by atoms with Crippen LogP contribution in [-0.4, -0.2) is 10.6 Å². The highest BCUT2D eigenvalue weighted by Gasteiger charge is 2.34. The number of nitrogens with zero attached hydrogens (tertiary/aromatic N) is 1. The third kappa shape index (κ3) is 1.53.